The van der Waals surface area contributed by atoms with Crippen molar-refractivity contribution in [3.05, 3.63) is 106 Å². The van der Waals surface area contributed by atoms with E-state index in [0.29, 0.717) is 16.8 Å². The summed E-state index contributed by atoms with van der Waals surface area (Å²) in [5.41, 5.74) is 6.57. The van der Waals surface area contributed by atoms with Crippen molar-refractivity contribution in [1.82, 2.24) is 0 Å². The number of aryl methyl sites for hydroxylation is 1. The van der Waals surface area contributed by atoms with Gasteiger partial charge in [0.05, 0.1) is 12.7 Å². The van der Waals surface area contributed by atoms with Crippen molar-refractivity contribution in [3.8, 4) is 0 Å². The van der Waals surface area contributed by atoms with Crippen LogP contribution in [-0.4, -0.2) is 24.8 Å². The zero-order valence-corrected chi connectivity index (χ0v) is 19.8. The minimum atomic E-state index is -0.728. The van der Waals surface area contributed by atoms with Crippen LogP contribution in [0, 0.1) is 6.92 Å². The maximum Gasteiger partial charge on any atom is 0.337 e. The zero-order chi connectivity index (χ0) is 24.5. The highest BCUT2D eigenvalue weighted by molar-refractivity contribution is 6.46. The van der Waals surface area contributed by atoms with Crippen LogP contribution >= 0.6 is 0 Å². The van der Waals surface area contributed by atoms with E-state index in [1.165, 1.54) is 24.8 Å². The summed E-state index contributed by atoms with van der Waals surface area (Å²) >= 11 is 0. The van der Waals surface area contributed by atoms with Gasteiger partial charge in [-0.2, -0.15) is 0 Å². The molecule has 1 amide bonds. The summed E-state index contributed by atoms with van der Waals surface area (Å²) < 4.78 is 4.67. The van der Waals surface area contributed by atoms with E-state index >= 15 is 0 Å². The van der Waals surface area contributed by atoms with E-state index in [9.17, 15) is 14.4 Å². The predicted molar refractivity (Wildman–Crippen MR) is 133 cm³/mol. The van der Waals surface area contributed by atoms with Crippen molar-refractivity contribution in [3.63, 3.8) is 0 Å². The number of allylic oxidation sites excluding steroid dienone is 1. The molecule has 0 atom stereocenters. The Morgan fingerprint density at radius 3 is 2.18 bits per heavy atom. The summed E-state index contributed by atoms with van der Waals surface area (Å²) in [4.78, 5) is 37.2. The number of amides is 1. The smallest absolute Gasteiger partial charge is 0.337 e. The molecule has 0 fully saturated rings. The van der Waals surface area contributed by atoms with E-state index < -0.39 is 17.7 Å². The van der Waals surface area contributed by atoms with Crippen LogP contribution in [0.5, 0.6) is 0 Å². The summed E-state index contributed by atoms with van der Waals surface area (Å²) in [7, 11) is 1.30. The zero-order valence-electron chi connectivity index (χ0n) is 19.8. The van der Waals surface area contributed by atoms with Crippen LogP contribution < -0.4 is 5.32 Å². The Morgan fingerprint density at radius 1 is 0.882 bits per heavy atom. The molecular weight excluding hydrogens is 426 g/mol. The van der Waals surface area contributed by atoms with Gasteiger partial charge in [-0.3, -0.25) is 9.59 Å². The number of hydrogen-bond donors (Lipinski definition) is 1. The lowest BCUT2D eigenvalue weighted by Crippen LogP contribution is -2.26. The third-order valence-electron chi connectivity index (χ3n) is 6.25. The Labute approximate surface area is 199 Å². The number of benzene rings is 3. The van der Waals surface area contributed by atoms with E-state index in [2.05, 4.69) is 61.2 Å². The van der Waals surface area contributed by atoms with Crippen LogP contribution in [0.25, 0.3) is 5.57 Å². The van der Waals surface area contributed by atoms with E-state index in [0.717, 1.165) is 28.7 Å². The first-order valence-corrected chi connectivity index (χ1v) is 11.2. The molecule has 0 radical (unpaired) electrons. The molecule has 1 aliphatic rings. The number of ketones is 1. The van der Waals surface area contributed by atoms with Crippen LogP contribution in [0.1, 0.15) is 63.2 Å². The van der Waals surface area contributed by atoms with E-state index in [4.69, 9.17) is 0 Å². The van der Waals surface area contributed by atoms with Gasteiger partial charge in [-0.1, -0.05) is 61.9 Å². The van der Waals surface area contributed by atoms with Crippen LogP contribution in [0.15, 0.2) is 72.8 Å². The standard InChI is InChI=1S/C29H27NO4/c1-18-5-7-19(8-6-18)23-15-16-29(2,3)25-17-21(11-14-24(23)25)26(31)27(32)30-22-12-9-20(10-13-22)28(33)34-4/h5-15,17H,16H2,1-4H3,(H,30,32). The molecule has 0 unspecified atom stereocenters. The lowest BCUT2D eigenvalue weighted by atomic mass is 9.71. The summed E-state index contributed by atoms with van der Waals surface area (Å²) in [6, 6.07) is 20.1. The second-order valence-corrected chi connectivity index (χ2v) is 9.18. The minimum Gasteiger partial charge on any atom is -0.465 e. The number of Topliss-reactive ketones (excluding diaryl/α,β-unsaturated/α-hetero) is 1. The van der Waals surface area contributed by atoms with E-state index in [-0.39, 0.29) is 5.41 Å². The van der Waals surface area contributed by atoms with Crippen molar-refractivity contribution in [2.24, 2.45) is 0 Å². The van der Waals surface area contributed by atoms with Gasteiger partial charge >= 0.3 is 5.97 Å². The molecule has 0 saturated heterocycles. The average Bonchev–Trinajstić information content (AvgIpc) is 2.84. The van der Waals surface area contributed by atoms with Crippen LogP contribution in [0.4, 0.5) is 5.69 Å². The third-order valence-corrected chi connectivity index (χ3v) is 6.25. The second kappa shape index (κ2) is 9.10. The maximum atomic E-state index is 13.0. The molecule has 34 heavy (non-hydrogen) atoms. The Hall–Kier alpha value is -3.99. The highest BCUT2D eigenvalue weighted by Crippen LogP contribution is 2.41. The van der Waals surface area contributed by atoms with Crippen molar-refractivity contribution in [2.75, 3.05) is 12.4 Å². The first kappa shape index (κ1) is 23.2. The molecule has 3 aromatic rings. The number of rotatable bonds is 5. The van der Waals surface area contributed by atoms with E-state index in [1.807, 2.05) is 12.1 Å². The van der Waals surface area contributed by atoms with Gasteiger partial charge in [-0.05, 0) is 71.4 Å². The molecule has 0 aliphatic heterocycles. The molecule has 0 spiro atoms. The summed E-state index contributed by atoms with van der Waals surface area (Å²) in [6.45, 7) is 6.35. The molecule has 5 nitrogen and oxygen atoms in total. The van der Waals surface area contributed by atoms with Gasteiger partial charge in [0.1, 0.15) is 0 Å². The lowest BCUT2D eigenvalue weighted by molar-refractivity contribution is -0.112. The number of ether oxygens (including phenoxy) is 1. The second-order valence-electron chi connectivity index (χ2n) is 9.18. The molecule has 0 heterocycles. The van der Waals surface area contributed by atoms with Gasteiger partial charge in [-0.25, -0.2) is 4.79 Å². The largest absolute Gasteiger partial charge is 0.465 e. The van der Waals surface area contributed by atoms with Gasteiger partial charge < -0.3 is 10.1 Å². The normalized spacial score (nSPS) is 13.9. The number of nitrogens with one attached hydrogen (secondary N) is 1. The van der Waals surface area contributed by atoms with Crippen molar-refractivity contribution in [1.29, 1.82) is 0 Å². The number of carbonyl (C=O) groups excluding carboxylic acids is 3. The van der Waals surface area contributed by atoms with Gasteiger partial charge in [0.25, 0.3) is 11.7 Å². The van der Waals surface area contributed by atoms with Crippen LogP contribution in [-0.2, 0) is 14.9 Å². The van der Waals surface area contributed by atoms with Crippen molar-refractivity contribution in [2.45, 2.75) is 32.6 Å². The number of anilines is 1. The third kappa shape index (κ3) is 4.55. The van der Waals surface area contributed by atoms with Crippen LogP contribution in [0.3, 0.4) is 0 Å². The molecule has 1 aliphatic carbocycles. The molecule has 4 rings (SSSR count). The maximum absolute atomic E-state index is 13.0. The molecule has 172 valence electrons. The number of methoxy groups -OCH3 is 1. The van der Waals surface area contributed by atoms with Crippen molar-refractivity contribution < 1.29 is 19.1 Å². The fourth-order valence-corrected chi connectivity index (χ4v) is 4.19. The minimum absolute atomic E-state index is 0.167. The first-order valence-electron chi connectivity index (χ1n) is 11.2. The topological polar surface area (TPSA) is 72.5 Å². The number of fused-ring (bicyclic) bond motifs is 1. The highest BCUT2D eigenvalue weighted by atomic mass is 16.5. The summed E-state index contributed by atoms with van der Waals surface area (Å²) in [6.07, 6.45) is 3.08. The molecule has 0 bridgehead atoms. The molecule has 3 aromatic carbocycles. The lowest BCUT2D eigenvalue weighted by Gasteiger charge is -2.32. The fraction of sp³-hybridized carbons (Fsp3) is 0.207. The summed E-state index contributed by atoms with van der Waals surface area (Å²) in [5, 5.41) is 2.61. The van der Waals surface area contributed by atoms with Crippen LogP contribution in [0.2, 0.25) is 0 Å². The number of carbonyl (C=O) groups is 3. The number of hydrogen-bond acceptors (Lipinski definition) is 4. The fourth-order valence-electron chi connectivity index (χ4n) is 4.19. The molecule has 1 N–H and O–H groups in total. The molecule has 0 aromatic heterocycles. The van der Waals surface area contributed by atoms with Crippen molar-refractivity contribution >= 4 is 28.9 Å². The van der Waals surface area contributed by atoms with Gasteiger partial charge in [-0.15, -0.1) is 0 Å². The Morgan fingerprint density at radius 2 is 1.53 bits per heavy atom. The van der Waals surface area contributed by atoms with Gasteiger partial charge in [0, 0.05) is 11.3 Å². The average molecular weight is 454 g/mol. The number of esters is 1. The summed E-state index contributed by atoms with van der Waals surface area (Å²) in [5.74, 6) is -1.81. The Bertz CT molecular complexity index is 1300. The molecule has 0 saturated carbocycles. The first-order chi connectivity index (χ1) is 16.2. The SMILES string of the molecule is COC(=O)c1ccc(NC(=O)C(=O)c2ccc3c(c2)C(C)(C)CC=C3c2ccc(C)cc2)cc1. The highest BCUT2D eigenvalue weighted by Gasteiger charge is 2.30. The van der Waals surface area contributed by atoms with Gasteiger partial charge in [0.15, 0.2) is 0 Å². The molecular formula is C29H27NO4. The Balaban J connectivity index is 1.59. The quantitative estimate of drug-likeness (QED) is 0.305. The molecule has 5 heteroatoms. The monoisotopic (exact) mass is 453 g/mol. The predicted octanol–water partition coefficient (Wildman–Crippen LogP) is 5.72. The van der Waals surface area contributed by atoms with Gasteiger partial charge in [0.2, 0.25) is 0 Å². The van der Waals surface area contributed by atoms with E-state index in [1.54, 1.807) is 18.2 Å². The Kier molecular flexibility index (Phi) is 6.20.